The second kappa shape index (κ2) is 6.12. The molecule has 4 nitrogen and oxygen atoms in total. The monoisotopic (exact) mass is 282 g/mol. The number of anilines is 2. The molecule has 1 unspecified atom stereocenters. The van der Waals surface area contributed by atoms with Gasteiger partial charge in [0, 0.05) is 12.1 Å². The molecule has 0 saturated heterocycles. The molecule has 3 rings (SSSR count). The summed E-state index contributed by atoms with van der Waals surface area (Å²) in [5.74, 6) is 1.85. The number of aromatic nitrogens is 2. The van der Waals surface area contributed by atoms with Crippen LogP contribution in [0.15, 0.2) is 30.6 Å². The average molecular weight is 282 g/mol. The summed E-state index contributed by atoms with van der Waals surface area (Å²) in [5.41, 5.74) is 3.95. The standard InChI is InChI=1S/C17H22N4/c1-3-18-16-12(2)17(20-11-19-16)21-15-10-6-8-13-7-4-5-9-14(13)15/h4-5,7,9,11,15H,3,6,8,10H2,1-2H3,(H2,18,19,20,21). The zero-order chi connectivity index (χ0) is 14.7. The van der Waals surface area contributed by atoms with Crippen LogP contribution in [-0.2, 0) is 6.42 Å². The third-order valence-electron chi connectivity index (χ3n) is 4.11. The summed E-state index contributed by atoms with van der Waals surface area (Å²) in [5, 5.41) is 6.89. The van der Waals surface area contributed by atoms with Gasteiger partial charge in [-0.2, -0.15) is 0 Å². The van der Waals surface area contributed by atoms with Crippen LogP contribution in [0.2, 0.25) is 0 Å². The van der Waals surface area contributed by atoms with Gasteiger partial charge in [0.1, 0.15) is 18.0 Å². The summed E-state index contributed by atoms with van der Waals surface area (Å²) in [7, 11) is 0. The number of benzene rings is 1. The Labute approximate surface area is 126 Å². The van der Waals surface area contributed by atoms with Crippen molar-refractivity contribution in [1.29, 1.82) is 0 Å². The quantitative estimate of drug-likeness (QED) is 0.897. The average Bonchev–Trinajstić information content (AvgIpc) is 2.52. The van der Waals surface area contributed by atoms with E-state index in [4.69, 9.17) is 0 Å². The van der Waals surface area contributed by atoms with E-state index in [1.54, 1.807) is 6.33 Å². The fraction of sp³-hybridized carbons (Fsp3) is 0.412. The molecule has 1 aliphatic rings. The summed E-state index contributed by atoms with van der Waals surface area (Å²) >= 11 is 0. The lowest BCUT2D eigenvalue weighted by Gasteiger charge is -2.27. The number of nitrogens with one attached hydrogen (secondary N) is 2. The Morgan fingerprint density at radius 1 is 1.19 bits per heavy atom. The van der Waals surface area contributed by atoms with Gasteiger partial charge >= 0.3 is 0 Å². The normalized spacial score (nSPS) is 17.1. The van der Waals surface area contributed by atoms with Crippen molar-refractivity contribution in [3.05, 3.63) is 47.3 Å². The fourth-order valence-corrected chi connectivity index (χ4v) is 3.01. The van der Waals surface area contributed by atoms with Crippen LogP contribution in [0.3, 0.4) is 0 Å². The second-order valence-corrected chi connectivity index (χ2v) is 5.51. The molecule has 0 radical (unpaired) electrons. The minimum Gasteiger partial charge on any atom is -0.370 e. The minimum atomic E-state index is 0.345. The minimum absolute atomic E-state index is 0.345. The predicted molar refractivity (Wildman–Crippen MR) is 86.7 cm³/mol. The van der Waals surface area contributed by atoms with Gasteiger partial charge in [0.15, 0.2) is 0 Å². The van der Waals surface area contributed by atoms with Crippen molar-refractivity contribution < 1.29 is 0 Å². The first-order valence-corrected chi connectivity index (χ1v) is 7.69. The first kappa shape index (κ1) is 13.9. The van der Waals surface area contributed by atoms with Crippen LogP contribution in [0, 0.1) is 6.92 Å². The van der Waals surface area contributed by atoms with Gasteiger partial charge in [-0.1, -0.05) is 24.3 Å². The number of aryl methyl sites for hydroxylation is 1. The molecule has 2 N–H and O–H groups in total. The van der Waals surface area contributed by atoms with Crippen molar-refractivity contribution >= 4 is 11.6 Å². The SMILES string of the molecule is CCNc1ncnc(NC2CCCc3ccccc32)c1C. The van der Waals surface area contributed by atoms with E-state index < -0.39 is 0 Å². The number of fused-ring (bicyclic) bond motifs is 1. The van der Waals surface area contributed by atoms with Crippen molar-refractivity contribution in [3.63, 3.8) is 0 Å². The molecule has 1 atom stereocenters. The Hall–Kier alpha value is -2.10. The van der Waals surface area contributed by atoms with E-state index in [1.165, 1.54) is 24.0 Å². The summed E-state index contributed by atoms with van der Waals surface area (Å²) in [4.78, 5) is 8.73. The van der Waals surface area contributed by atoms with Crippen LogP contribution < -0.4 is 10.6 Å². The number of hydrogen-bond acceptors (Lipinski definition) is 4. The Morgan fingerprint density at radius 3 is 2.86 bits per heavy atom. The van der Waals surface area contributed by atoms with Gasteiger partial charge in [-0.25, -0.2) is 9.97 Å². The molecular weight excluding hydrogens is 260 g/mol. The van der Waals surface area contributed by atoms with Crippen LogP contribution >= 0.6 is 0 Å². The molecule has 2 aromatic rings. The highest BCUT2D eigenvalue weighted by Gasteiger charge is 2.20. The molecule has 1 heterocycles. The Kier molecular flexibility index (Phi) is 4.04. The third-order valence-corrected chi connectivity index (χ3v) is 4.11. The molecule has 0 amide bonds. The largest absolute Gasteiger partial charge is 0.370 e. The first-order chi connectivity index (χ1) is 10.3. The van der Waals surface area contributed by atoms with E-state index in [1.807, 2.05) is 0 Å². The summed E-state index contributed by atoms with van der Waals surface area (Å²) in [6, 6.07) is 9.06. The van der Waals surface area contributed by atoms with Crippen LogP contribution in [0.25, 0.3) is 0 Å². The highest BCUT2D eigenvalue weighted by molar-refractivity contribution is 5.57. The lowest BCUT2D eigenvalue weighted by atomic mass is 9.88. The molecular formula is C17H22N4. The zero-order valence-corrected chi connectivity index (χ0v) is 12.7. The van der Waals surface area contributed by atoms with E-state index in [-0.39, 0.29) is 0 Å². The second-order valence-electron chi connectivity index (χ2n) is 5.51. The van der Waals surface area contributed by atoms with Crippen molar-refractivity contribution in [2.45, 2.75) is 39.2 Å². The maximum atomic E-state index is 4.43. The van der Waals surface area contributed by atoms with E-state index in [9.17, 15) is 0 Å². The Bertz CT molecular complexity index is 624. The van der Waals surface area contributed by atoms with Gasteiger partial charge in [0.25, 0.3) is 0 Å². The lowest BCUT2D eigenvalue weighted by molar-refractivity contribution is 0.598. The van der Waals surface area contributed by atoms with E-state index in [2.05, 4.69) is 58.7 Å². The number of hydrogen-bond donors (Lipinski definition) is 2. The number of nitrogens with zero attached hydrogens (tertiary/aromatic N) is 2. The van der Waals surface area contributed by atoms with Crippen LogP contribution in [0.5, 0.6) is 0 Å². The summed E-state index contributed by atoms with van der Waals surface area (Å²) < 4.78 is 0. The summed E-state index contributed by atoms with van der Waals surface area (Å²) in [6.45, 7) is 5.00. The molecule has 0 bridgehead atoms. The molecule has 1 aliphatic carbocycles. The highest BCUT2D eigenvalue weighted by atomic mass is 15.1. The molecule has 110 valence electrons. The fourth-order valence-electron chi connectivity index (χ4n) is 3.01. The number of rotatable bonds is 4. The molecule has 4 heteroatoms. The van der Waals surface area contributed by atoms with Crippen molar-refractivity contribution in [2.24, 2.45) is 0 Å². The molecule has 1 aromatic carbocycles. The van der Waals surface area contributed by atoms with Gasteiger partial charge in [-0.15, -0.1) is 0 Å². The van der Waals surface area contributed by atoms with Gasteiger partial charge in [0.05, 0.1) is 6.04 Å². The van der Waals surface area contributed by atoms with Gasteiger partial charge in [0.2, 0.25) is 0 Å². The van der Waals surface area contributed by atoms with Gasteiger partial charge < -0.3 is 10.6 Å². The molecule has 0 saturated carbocycles. The van der Waals surface area contributed by atoms with E-state index in [0.29, 0.717) is 6.04 Å². The van der Waals surface area contributed by atoms with Gasteiger partial charge in [-0.3, -0.25) is 0 Å². The Balaban J connectivity index is 1.86. The van der Waals surface area contributed by atoms with E-state index >= 15 is 0 Å². The molecule has 0 spiro atoms. The van der Waals surface area contributed by atoms with E-state index in [0.717, 1.165) is 30.2 Å². The van der Waals surface area contributed by atoms with Crippen LogP contribution in [-0.4, -0.2) is 16.5 Å². The maximum Gasteiger partial charge on any atom is 0.134 e. The maximum absolute atomic E-state index is 4.43. The van der Waals surface area contributed by atoms with Crippen molar-refractivity contribution in [1.82, 2.24) is 9.97 Å². The summed E-state index contributed by atoms with van der Waals surface area (Å²) in [6.07, 6.45) is 5.18. The topological polar surface area (TPSA) is 49.8 Å². The lowest BCUT2D eigenvalue weighted by Crippen LogP contribution is -2.19. The predicted octanol–water partition coefficient (Wildman–Crippen LogP) is 3.71. The highest BCUT2D eigenvalue weighted by Crippen LogP contribution is 2.33. The van der Waals surface area contributed by atoms with Crippen molar-refractivity contribution in [2.75, 3.05) is 17.2 Å². The smallest absolute Gasteiger partial charge is 0.134 e. The zero-order valence-electron chi connectivity index (χ0n) is 12.7. The third kappa shape index (κ3) is 2.84. The van der Waals surface area contributed by atoms with Crippen LogP contribution in [0.4, 0.5) is 11.6 Å². The van der Waals surface area contributed by atoms with Crippen molar-refractivity contribution in [3.8, 4) is 0 Å². The van der Waals surface area contributed by atoms with Crippen LogP contribution in [0.1, 0.15) is 42.5 Å². The first-order valence-electron chi connectivity index (χ1n) is 7.69. The van der Waals surface area contributed by atoms with Gasteiger partial charge in [-0.05, 0) is 44.2 Å². The molecule has 1 aromatic heterocycles. The molecule has 0 aliphatic heterocycles. The molecule has 21 heavy (non-hydrogen) atoms. The molecule has 0 fully saturated rings. The Morgan fingerprint density at radius 2 is 2.00 bits per heavy atom.